The highest BCUT2D eigenvalue weighted by molar-refractivity contribution is 5.90. The maximum atomic E-state index is 14.3. The summed E-state index contributed by atoms with van der Waals surface area (Å²) in [5.74, 6) is -0.0379. The van der Waals surface area contributed by atoms with Crippen molar-refractivity contribution in [3.63, 3.8) is 0 Å². The Balaban J connectivity index is 1.62. The zero-order chi connectivity index (χ0) is 22.9. The molecule has 4 nitrogen and oxygen atoms in total. The standard InChI is InChI=1S/C28H26FN3O/c1-19(2)20-13-15-21(16-14-20)27-26-12-7-17-31(26)25-11-6-3-8-22(25)18-32(27)28(33)30-24-10-5-4-9-23(24)29/h3-17,19,27H,18H2,1-2H3,(H,30,33)/t27-/m1/s1. The molecule has 0 bridgehead atoms. The van der Waals surface area contributed by atoms with E-state index >= 15 is 0 Å². The molecule has 2 amide bonds. The first kappa shape index (κ1) is 21.0. The van der Waals surface area contributed by atoms with Crippen LogP contribution in [0.25, 0.3) is 5.69 Å². The highest BCUT2D eigenvalue weighted by atomic mass is 19.1. The number of urea groups is 1. The fourth-order valence-electron chi connectivity index (χ4n) is 4.50. The van der Waals surface area contributed by atoms with Crippen molar-refractivity contribution in [3.8, 4) is 5.69 Å². The van der Waals surface area contributed by atoms with Crippen LogP contribution in [0.15, 0.2) is 91.1 Å². The smallest absolute Gasteiger partial charge is 0.318 e. The molecule has 0 aliphatic carbocycles. The quantitative estimate of drug-likeness (QED) is 0.371. The molecule has 1 atom stereocenters. The summed E-state index contributed by atoms with van der Waals surface area (Å²) >= 11 is 0. The van der Waals surface area contributed by atoms with Crippen LogP contribution >= 0.6 is 0 Å². The number of fused-ring (bicyclic) bond motifs is 3. The van der Waals surface area contributed by atoms with Crippen molar-refractivity contribution in [2.75, 3.05) is 5.32 Å². The van der Waals surface area contributed by atoms with Crippen molar-refractivity contribution in [2.45, 2.75) is 32.4 Å². The Hall–Kier alpha value is -3.86. The van der Waals surface area contributed by atoms with Crippen LogP contribution in [0.2, 0.25) is 0 Å². The molecule has 0 saturated carbocycles. The summed E-state index contributed by atoms with van der Waals surface area (Å²) in [6.07, 6.45) is 2.03. The Kier molecular flexibility index (Phi) is 5.47. The lowest BCUT2D eigenvalue weighted by Crippen LogP contribution is -2.38. The average molecular weight is 440 g/mol. The summed E-state index contributed by atoms with van der Waals surface area (Å²) in [6, 6.07) is 26.1. The molecule has 0 spiro atoms. The summed E-state index contributed by atoms with van der Waals surface area (Å²) in [5.41, 5.74) is 5.48. The molecule has 5 heteroatoms. The number of amides is 2. The van der Waals surface area contributed by atoms with Crippen LogP contribution in [-0.2, 0) is 6.54 Å². The molecular formula is C28H26FN3O. The number of rotatable bonds is 3. The number of carbonyl (C=O) groups is 1. The third kappa shape index (κ3) is 3.91. The Morgan fingerprint density at radius 3 is 2.42 bits per heavy atom. The number of benzene rings is 3. The van der Waals surface area contributed by atoms with Gasteiger partial charge in [0.05, 0.1) is 24.0 Å². The van der Waals surface area contributed by atoms with Crippen LogP contribution in [0.1, 0.15) is 48.2 Å². The van der Waals surface area contributed by atoms with Crippen LogP contribution in [0.3, 0.4) is 0 Å². The predicted molar refractivity (Wildman–Crippen MR) is 129 cm³/mol. The van der Waals surface area contributed by atoms with Crippen LogP contribution in [0.5, 0.6) is 0 Å². The van der Waals surface area contributed by atoms with Gasteiger partial charge in [-0.2, -0.15) is 0 Å². The Morgan fingerprint density at radius 1 is 0.939 bits per heavy atom. The lowest BCUT2D eigenvalue weighted by Gasteiger charge is -2.31. The van der Waals surface area contributed by atoms with E-state index in [1.165, 1.54) is 11.6 Å². The number of anilines is 1. The van der Waals surface area contributed by atoms with E-state index in [4.69, 9.17) is 0 Å². The molecule has 3 aromatic carbocycles. The van der Waals surface area contributed by atoms with E-state index in [2.05, 4.69) is 54.1 Å². The lowest BCUT2D eigenvalue weighted by atomic mass is 9.97. The number of carbonyl (C=O) groups excluding carboxylic acids is 1. The van der Waals surface area contributed by atoms with Crippen LogP contribution < -0.4 is 5.32 Å². The van der Waals surface area contributed by atoms with Crippen LogP contribution in [-0.4, -0.2) is 15.5 Å². The third-order valence-corrected chi connectivity index (χ3v) is 6.26. The molecule has 4 aromatic rings. The van der Waals surface area contributed by atoms with Crippen molar-refractivity contribution in [1.29, 1.82) is 0 Å². The molecule has 1 aromatic heterocycles. The van der Waals surface area contributed by atoms with Gasteiger partial charge in [-0.3, -0.25) is 0 Å². The van der Waals surface area contributed by atoms with Gasteiger partial charge in [0.2, 0.25) is 0 Å². The van der Waals surface area contributed by atoms with Gasteiger partial charge in [0.15, 0.2) is 0 Å². The molecule has 1 aliphatic heterocycles. The van der Waals surface area contributed by atoms with Crippen LogP contribution in [0.4, 0.5) is 14.9 Å². The van der Waals surface area contributed by atoms with Crippen LogP contribution in [0, 0.1) is 5.82 Å². The second kappa shape index (κ2) is 8.58. The monoisotopic (exact) mass is 439 g/mol. The number of hydrogen-bond acceptors (Lipinski definition) is 1. The maximum absolute atomic E-state index is 14.3. The number of nitrogens with zero attached hydrogens (tertiary/aromatic N) is 2. The van der Waals surface area contributed by atoms with E-state index in [9.17, 15) is 9.18 Å². The molecule has 0 saturated heterocycles. The Morgan fingerprint density at radius 2 is 1.67 bits per heavy atom. The van der Waals surface area contributed by atoms with Crippen molar-refractivity contribution in [3.05, 3.63) is 119 Å². The SMILES string of the molecule is CC(C)c1ccc([C@@H]2c3cccn3-c3ccccc3CN2C(=O)Nc2ccccc2F)cc1. The van der Waals surface area contributed by atoms with Gasteiger partial charge in [-0.1, -0.05) is 68.4 Å². The minimum absolute atomic E-state index is 0.171. The average Bonchev–Trinajstić information content (AvgIpc) is 3.25. The molecule has 166 valence electrons. The number of halogens is 1. The molecule has 0 fully saturated rings. The molecule has 1 N–H and O–H groups in total. The highest BCUT2D eigenvalue weighted by Crippen LogP contribution is 2.37. The summed E-state index contributed by atoms with van der Waals surface area (Å²) in [4.78, 5) is 15.4. The first-order valence-corrected chi connectivity index (χ1v) is 11.2. The van der Waals surface area contributed by atoms with Crippen molar-refractivity contribution in [2.24, 2.45) is 0 Å². The van der Waals surface area contributed by atoms with E-state index in [-0.39, 0.29) is 17.8 Å². The largest absolute Gasteiger partial charge is 0.323 e. The van der Waals surface area contributed by atoms with Crippen molar-refractivity contribution in [1.82, 2.24) is 9.47 Å². The van der Waals surface area contributed by atoms with E-state index < -0.39 is 5.82 Å². The van der Waals surface area contributed by atoms with Gasteiger partial charge in [0.1, 0.15) is 5.82 Å². The Labute approximate surface area is 193 Å². The van der Waals surface area contributed by atoms with Gasteiger partial charge < -0.3 is 14.8 Å². The van der Waals surface area contributed by atoms with Gasteiger partial charge in [-0.05, 0) is 52.9 Å². The van der Waals surface area contributed by atoms with E-state index in [1.807, 2.05) is 36.5 Å². The minimum atomic E-state index is -0.456. The molecule has 5 rings (SSSR count). The van der Waals surface area contributed by atoms with Gasteiger partial charge in [-0.25, -0.2) is 9.18 Å². The second-order valence-corrected chi connectivity index (χ2v) is 8.69. The van der Waals surface area contributed by atoms with E-state index in [0.717, 1.165) is 22.5 Å². The molecule has 2 heterocycles. The first-order chi connectivity index (χ1) is 16.0. The zero-order valence-electron chi connectivity index (χ0n) is 18.7. The van der Waals surface area contributed by atoms with Crippen molar-refractivity contribution >= 4 is 11.7 Å². The summed E-state index contributed by atoms with van der Waals surface area (Å²) in [5, 5.41) is 2.79. The van der Waals surface area contributed by atoms with Gasteiger partial charge >= 0.3 is 6.03 Å². The number of para-hydroxylation sites is 2. The van der Waals surface area contributed by atoms with E-state index in [1.54, 1.807) is 23.1 Å². The van der Waals surface area contributed by atoms with Crippen molar-refractivity contribution < 1.29 is 9.18 Å². The van der Waals surface area contributed by atoms with Gasteiger partial charge in [-0.15, -0.1) is 0 Å². The highest BCUT2D eigenvalue weighted by Gasteiger charge is 2.33. The Bertz CT molecular complexity index is 1290. The summed E-state index contributed by atoms with van der Waals surface area (Å²) < 4.78 is 16.5. The number of nitrogens with one attached hydrogen (secondary N) is 1. The molecule has 33 heavy (non-hydrogen) atoms. The molecular weight excluding hydrogens is 413 g/mol. The molecule has 0 unspecified atom stereocenters. The topological polar surface area (TPSA) is 37.3 Å². The predicted octanol–water partition coefficient (Wildman–Crippen LogP) is 6.88. The van der Waals surface area contributed by atoms with Gasteiger partial charge in [0.25, 0.3) is 0 Å². The molecule has 1 aliphatic rings. The second-order valence-electron chi connectivity index (χ2n) is 8.69. The zero-order valence-corrected chi connectivity index (χ0v) is 18.7. The fourth-order valence-corrected chi connectivity index (χ4v) is 4.50. The number of aromatic nitrogens is 1. The normalized spacial score (nSPS) is 15.0. The first-order valence-electron chi connectivity index (χ1n) is 11.2. The lowest BCUT2D eigenvalue weighted by molar-refractivity contribution is 0.194. The fraction of sp³-hybridized carbons (Fsp3) is 0.179. The summed E-state index contributed by atoms with van der Waals surface area (Å²) in [7, 11) is 0. The number of hydrogen-bond donors (Lipinski definition) is 1. The molecule has 0 radical (unpaired) electrons. The summed E-state index contributed by atoms with van der Waals surface area (Å²) in [6.45, 7) is 4.72. The van der Waals surface area contributed by atoms with E-state index in [0.29, 0.717) is 12.5 Å². The minimum Gasteiger partial charge on any atom is -0.318 e. The third-order valence-electron chi connectivity index (χ3n) is 6.26. The maximum Gasteiger partial charge on any atom is 0.323 e. The van der Waals surface area contributed by atoms with Gasteiger partial charge in [0, 0.05) is 11.9 Å².